The van der Waals surface area contributed by atoms with Gasteiger partial charge in [0.05, 0.1) is 6.61 Å². The van der Waals surface area contributed by atoms with E-state index in [4.69, 9.17) is 15.9 Å². The molecule has 0 unspecified atom stereocenters. The van der Waals surface area contributed by atoms with Crippen LogP contribution in [0.4, 0.5) is 5.69 Å². The van der Waals surface area contributed by atoms with Crippen LogP contribution in [0.15, 0.2) is 54.1 Å². The van der Waals surface area contributed by atoms with Gasteiger partial charge in [-0.25, -0.2) is 0 Å². The van der Waals surface area contributed by atoms with Gasteiger partial charge < -0.3 is 14.8 Å². The third-order valence-electron chi connectivity index (χ3n) is 3.30. The number of nitrogens with one attached hydrogen (secondary N) is 1. The Morgan fingerprint density at radius 3 is 2.31 bits per heavy atom. The molecule has 0 saturated heterocycles. The van der Waals surface area contributed by atoms with E-state index < -0.39 is 5.91 Å². The minimum atomic E-state index is -0.482. The van der Waals surface area contributed by atoms with Crippen molar-refractivity contribution in [3.8, 4) is 29.9 Å². The van der Waals surface area contributed by atoms with Gasteiger partial charge in [0.25, 0.3) is 5.91 Å². The predicted molar refractivity (Wildman–Crippen MR) is 101 cm³/mol. The molecule has 0 aliphatic carbocycles. The van der Waals surface area contributed by atoms with Gasteiger partial charge in [-0.1, -0.05) is 18.1 Å². The van der Waals surface area contributed by atoms with E-state index in [9.17, 15) is 10.1 Å². The van der Waals surface area contributed by atoms with E-state index in [0.717, 1.165) is 0 Å². The summed E-state index contributed by atoms with van der Waals surface area (Å²) >= 11 is 0. The molecule has 1 amide bonds. The maximum absolute atomic E-state index is 12.3. The zero-order valence-corrected chi connectivity index (χ0v) is 14.4. The molecule has 0 bridgehead atoms. The third-order valence-corrected chi connectivity index (χ3v) is 3.30. The Morgan fingerprint density at radius 1 is 1.12 bits per heavy atom. The van der Waals surface area contributed by atoms with Crippen molar-refractivity contribution in [2.24, 2.45) is 0 Å². The molecule has 0 aromatic heterocycles. The first-order valence-corrected chi connectivity index (χ1v) is 7.98. The summed E-state index contributed by atoms with van der Waals surface area (Å²) in [5.41, 5.74) is 1.28. The maximum Gasteiger partial charge on any atom is 0.266 e. The van der Waals surface area contributed by atoms with Gasteiger partial charge in [-0.15, -0.1) is 6.42 Å². The Labute approximate surface area is 152 Å². The standard InChI is InChI=1S/C21H18N2O3/c1-3-13-26-20-9-5-16(6-10-20)14-17(15-22)21(24)23-18-7-11-19(12-8-18)25-4-2/h1,5-12,14H,4,13H2,2H3,(H,23,24)/b17-14-. The van der Waals surface area contributed by atoms with E-state index in [1.54, 1.807) is 48.5 Å². The monoisotopic (exact) mass is 346 g/mol. The molecule has 2 aromatic rings. The zero-order chi connectivity index (χ0) is 18.8. The van der Waals surface area contributed by atoms with Crippen molar-refractivity contribution in [3.05, 3.63) is 59.7 Å². The molecule has 130 valence electrons. The molecule has 0 spiro atoms. The highest BCUT2D eigenvalue weighted by atomic mass is 16.5. The van der Waals surface area contributed by atoms with Crippen LogP contribution < -0.4 is 14.8 Å². The largest absolute Gasteiger partial charge is 0.494 e. The molecule has 1 N–H and O–H groups in total. The summed E-state index contributed by atoms with van der Waals surface area (Å²) in [5, 5.41) is 12.0. The van der Waals surface area contributed by atoms with Crippen molar-refractivity contribution >= 4 is 17.7 Å². The van der Waals surface area contributed by atoms with Crippen molar-refractivity contribution in [3.63, 3.8) is 0 Å². The molecule has 0 aliphatic heterocycles. The second-order valence-corrected chi connectivity index (χ2v) is 5.14. The van der Waals surface area contributed by atoms with Crippen molar-refractivity contribution in [2.75, 3.05) is 18.5 Å². The van der Waals surface area contributed by atoms with Crippen LogP contribution in [0, 0.1) is 23.7 Å². The minimum Gasteiger partial charge on any atom is -0.494 e. The second kappa shape index (κ2) is 9.56. The molecule has 0 saturated carbocycles. The molecule has 2 rings (SSSR count). The zero-order valence-electron chi connectivity index (χ0n) is 14.4. The number of nitrogens with zero attached hydrogens (tertiary/aromatic N) is 1. The first-order chi connectivity index (χ1) is 12.7. The number of rotatable bonds is 7. The highest BCUT2D eigenvalue weighted by molar-refractivity contribution is 6.09. The summed E-state index contributed by atoms with van der Waals surface area (Å²) < 4.78 is 10.6. The maximum atomic E-state index is 12.3. The van der Waals surface area contributed by atoms with Crippen LogP contribution in [0.1, 0.15) is 12.5 Å². The minimum absolute atomic E-state index is 0.00354. The summed E-state index contributed by atoms with van der Waals surface area (Å²) in [6, 6.07) is 15.8. The smallest absolute Gasteiger partial charge is 0.266 e. The number of terminal acetylenes is 1. The molecule has 0 heterocycles. The van der Waals surface area contributed by atoms with Gasteiger partial charge >= 0.3 is 0 Å². The number of hydrogen-bond acceptors (Lipinski definition) is 4. The Kier molecular flexibility index (Phi) is 6.85. The van der Waals surface area contributed by atoms with Crippen molar-refractivity contribution < 1.29 is 14.3 Å². The van der Waals surface area contributed by atoms with Crippen LogP contribution >= 0.6 is 0 Å². The van der Waals surface area contributed by atoms with E-state index in [2.05, 4.69) is 11.2 Å². The van der Waals surface area contributed by atoms with Crippen LogP contribution in [0.5, 0.6) is 11.5 Å². The lowest BCUT2D eigenvalue weighted by Crippen LogP contribution is -2.13. The Balaban J connectivity index is 2.06. The van der Waals surface area contributed by atoms with Gasteiger partial charge in [0.15, 0.2) is 0 Å². The summed E-state index contributed by atoms with van der Waals surface area (Å²) in [7, 11) is 0. The first kappa shape index (κ1) is 18.6. The summed E-state index contributed by atoms with van der Waals surface area (Å²) in [6.45, 7) is 2.65. The van der Waals surface area contributed by atoms with Gasteiger partial charge in [0.1, 0.15) is 29.7 Å². The predicted octanol–water partition coefficient (Wildman–Crippen LogP) is 3.64. The first-order valence-electron chi connectivity index (χ1n) is 7.98. The molecule has 5 heteroatoms. The lowest BCUT2D eigenvalue weighted by Gasteiger charge is -2.07. The number of benzene rings is 2. The second-order valence-electron chi connectivity index (χ2n) is 5.14. The van der Waals surface area contributed by atoms with E-state index in [1.165, 1.54) is 6.08 Å². The van der Waals surface area contributed by atoms with Gasteiger partial charge in [0, 0.05) is 5.69 Å². The lowest BCUT2D eigenvalue weighted by molar-refractivity contribution is -0.112. The fraction of sp³-hybridized carbons (Fsp3) is 0.143. The number of carbonyl (C=O) groups is 1. The number of hydrogen-bond donors (Lipinski definition) is 1. The Bertz CT molecular complexity index is 854. The average Bonchev–Trinajstić information content (AvgIpc) is 2.67. The van der Waals surface area contributed by atoms with Gasteiger partial charge in [-0.05, 0) is 55.0 Å². The molecule has 5 nitrogen and oxygen atoms in total. The summed E-state index contributed by atoms with van der Waals surface area (Å²) in [4.78, 5) is 12.3. The quantitative estimate of drug-likeness (QED) is 0.472. The highest BCUT2D eigenvalue weighted by Crippen LogP contribution is 2.18. The third kappa shape index (κ3) is 5.43. The number of ether oxygens (including phenoxy) is 2. The lowest BCUT2D eigenvalue weighted by atomic mass is 10.1. The highest BCUT2D eigenvalue weighted by Gasteiger charge is 2.09. The molecule has 26 heavy (non-hydrogen) atoms. The number of anilines is 1. The Hall–Kier alpha value is -3.70. The summed E-state index contributed by atoms with van der Waals surface area (Å²) in [6.07, 6.45) is 6.65. The van der Waals surface area contributed by atoms with Crippen molar-refractivity contribution in [1.82, 2.24) is 0 Å². The normalized spacial score (nSPS) is 10.3. The van der Waals surface area contributed by atoms with Crippen LogP contribution in [-0.4, -0.2) is 19.1 Å². The Morgan fingerprint density at radius 2 is 1.73 bits per heavy atom. The van der Waals surface area contributed by atoms with E-state index >= 15 is 0 Å². The van der Waals surface area contributed by atoms with Crippen molar-refractivity contribution in [1.29, 1.82) is 5.26 Å². The molecule has 0 fully saturated rings. The molecule has 0 radical (unpaired) electrons. The van der Waals surface area contributed by atoms with Gasteiger partial charge in [0.2, 0.25) is 0 Å². The van der Waals surface area contributed by atoms with E-state index in [1.807, 2.05) is 13.0 Å². The van der Waals surface area contributed by atoms with Crippen LogP contribution in [-0.2, 0) is 4.79 Å². The molecular formula is C21H18N2O3. The van der Waals surface area contributed by atoms with Crippen LogP contribution in [0.25, 0.3) is 6.08 Å². The molecule has 2 aromatic carbocycles. The molecular weight excluding hydrogens is 328 g/mol. The van der Waals surface area contributed by atoms with Crippen LogP contribution in [0.3, 0.4) is 0 Å². The molecule has 0 atom stereocenters. The average molecular weight is 346 g/mol. The number of amides is 1. The number of nitriles is 1. The SMILES string of the molecule is C#CCOc1ccc(/C=C(/C#N)C(=O)Nc2ccc(OCC)cc2)cc1. The van der Waals surface area contributed by atoms with Gasteiger partial charge in [-0.3, -0.25) is 4.79 Å². The topological polar surface area (TPSA) is 71.3 Å². The molecule has 0 aliphatic rings. The fourth-order valence-corrected chi connectivity index (χ4v) is 2.10. The number of carbonyl (C=O) groups excluding carboxylic acids is 1. The van der Waals surface area contributed by atoms with Crippen molar-refractivity contribution in [2.45, 2.75) is 6.92 Å². The van der Waals surface area contributed by atoms with E-state index in [0.29, 0.717) is 29.4 Å². The van der Waals surface area contributed by atoms with Crippen LogP contribution in [0.2, 0.25) is 0 Å². The summed E-state index contributed by atoms with van der Waals surface area (Å²) in [5.74, 6) is 3.24. The fourth-order valence-electron chi connectivity index (χ4n) is 2.10. The van der Waals surface area contributed by atoms with E-state index in [-0.39, 0.29) is 12.2 Å². The van der Waals surface area contributed by atoms with Gasteiger partial charge in [-0.2, -0.15) is 5.26 Å².